The number of esters is 1. The molecule has 0 bridgehead atoms. The van der Waals surface area contributed by atoms with E-state index in [1.54, 1.807) is 18.2 Å². The van der Waals surface area contributed by atoms with Gasteiger partial charge in [-0.25, -0.2) is 4.79 Å². The van der Waals surface area contributed by atoms with E-state index < -0.39 is 23.4 Å². The number of carbonyl (C=O) groups excluding carboxylic acids is 3. The molecule has 2 heterocycles. The molecule has 3 aromatic rings. The van der Waals surface area contributed by atoms with Gasteiger partial charge < -0.3 is 30.7 Å². The minimum Gasteiger partial charge on any atom is -0.508 e. The molecule has 1 spiro atoms. The number of carbonyl (C=O) groups is 3. The van der Waals surface area contributed by atoms with Crippen LogP contribution in [-0.4, -0.2) is 34.5 Å². The van der Waals surface area contributed by atoms with E-state index >= 15 is 0 Å². The standard InChI is InChI=1S/C23H16N2O7/c24-20(28)10-25-21(29)11-1-4-15-14(7-11)22(30)32-23(15)16-5-2-12(26)8-18(16)31-19-9-13(27)3-6-17(19)23/h1-9,26-27H,10H2,(H2,24,28)(H,25,29). The molecular weight excluding hydrogens is 416 g/mol. The maximum Gasteiger partial charge on any atom is 0.340 e. The van der Waals surface area contributed by atoms with E-state index in [-0.39, 0.29) is 40.7 Å². The maximum atomic E-state index is 13.0. The molecular formula is C23H16N2O7. The zero-order valence-electron chi connectivity index (χ0n) is 16.4. The van der Waals surface area contributed by atoms with Gasteiger partial charge in [-0.3, -0.25) is 9.59 Å². The van der Waals surface area contributed by atoms with Gasteiger partial charge in [-0.15, -0.1) is 0 Å². The third-order valence-electron chi connectivity index (χ3n) is 5.46. The molecule has 0 aromatic heterocycles. The lowest BCUT2D eigenvalue weighted by molar-refractivity contribution is -0.117. The van der Waals surface area contributed by atoms with Crippen molar-refractivity contribution in [3.63, 3.8) is 0 Å². The molecule has 160 valence electrons. The summed E-state index contributed by atoms with van der Waals surface area (Å²) in [6.45, 7) is -0.338. The SMILES string of the molecule is NC(=O)CNC(=O)c1ccc2c(c1)C(=O)OC21c2ccc(O)cc2Oc2cc(O)ccc21. The number of primary amides is 1. The highest BCUT2D eigenvalue weighted by atomic mass is 16.6. The van der Waals surface area contributed by atoms with Crippen molar-refractivity contribution in [2.24, 2.45) is 5.73 Å². The molecule has 0 saturated carbocycles. The second-order valence-electron chi connectivity index (χ2n) is 7.44. The van der Waals surface area contributed by atoms with Crippen LogP contribution in [0.3, 0.4) is 0 Å². The fourth-order valence-electron chi connectivity index (χ4n) is 4.12. The molecule has 5 rings (SSSR count). The predicted octanol–water partition coefficient (Wildman–Crippen LogP) is 1.88. The summed E-state index contributed by atoms with van der Waals surface area (Å²) in [5.74, 6) is -1.51. The van der Waals surface area contributed by atoms with E-state index in [0.717, 1.165) is 0 Å². The summed E-state index contributed by atoms with van der Waals surface area (Å²) < 4.78 is 11.8. The van der Waals surface area contributed by atoms with E-state index in [9.17, 15) is 24.6 Å². The van der Waals surface area contributed by atoms with Crippen LogP contribution >= 0.6 is 0 Å². The minimum atomic E-state index is -1.40. The monoisotopic (exact) mass is 432 g/mol. The van der Waals surface area contributed by atoms with Crippen molar-refractivity contribution >= 4 is 17.8 Å². The zero-order valence-corrected chi connectivity index (χ0v) is 16.4. The van der Waals surface area contributed by atoms with Gasteiger partial charge in [0.15, 0.2) is 5.60 Å². The number of amides is 2. The summed E-state index contributed by atoms with van der Waals surface area (Å²) >= 11 is 0. The van der Waals surface area contributed by atoms with Crippen LogP contribution in [0.4, 0.5) is 0 Å². The van der Waals surface area contributed by atoms with Crippen molar-refractivity contribution in [1.82, 2.24) is 5.32 Å². The molecule has 0 unspecified atom stereocenters. The van der Waals surface area contributed by atoms with Crippen LogP contribution in [-0.2, 0) is 15.1 Å². The molecule has 2 aliphatic rings. The van der Waals surface area contributed by atoms with Gasteiger partial charge in [-0.05, 0) is 36.4 Å². The Labute approximate surface area is 181 Å². The molecule has 0 radical (unpaired) electrons. The fraction of sp³-hybridized carbons (Fsp3) is 0.0870. The van der Waals surface area contributed by atoms with Crippen molar-refractivity contribution in [2.75, 3.05) is 6.54 Å². The fourth-order valence-corrected chi connectivity index (χ4v) is 4.12. The van der Waals surface area contributed by atoms with Crippen LogP contribution < -0.4 is 15.8 Å². The molecule has 0 fully saturated rings. The molecule has 9 nitrogen and oxygen atoms in total. The first-order valence-electron chi connectivity index (χ1n) is 9.59. The van der Waals surface area contributed by atoms with Crippen LogP contribution in [0.1, 0.15) is 37.4 Å². The third kappa shape index (κ3) is 2.75. The van der Waals surface area contributed by atoms with Crippen LogP contribution in [0.25, 0.3) is 0 Å². The molecule has 2 aliphatic heterocycles. The van der Waals surface area contributed by atoms with E-state index in [4.69, 9.17) is 15.2 Å². The van der Waals surface area contributed by atoms with E-state index in [1.807, 2.05) is 0 Å². The summed E-state index contributed by atoms with van der Waals surface area (Å²) in [5.41, 5.74) is 5.40. The van der Waals surface area contributed by atoms with Gasteiger partial charge in [0.05, 0.1) is 12.1 Å². The van der Waals surface area contributed by atoms with E-state index in [1.165, 1.54) is 36.4 Å². The number of rotatable bonds is 3. The molecule has 9 heteroatoms. The first-order chi connectivity index (χ1) is 15.3. The molecule has 3 aromatic carbocycles. The third-order valence-corrected chi connectivity index (χ3v) is 5.46. The Hall–Kier alpha value is -4.53. The lowest BCUT2D eigenvalue weighted by atomic mass is 9.77. The van der Waals surface area contributed by atoms with E-state index in [2.05, 4.69) is 5.32 Å². The number of fused-ring (bicyclic) bond motifs is 6. The average molecular weight is 432 g/mol. The number of nitrogens with one attached hydrogen (secondary N) is 1. The number of benzene rings is 3. The number of aromatic hydroxyl groups is 2. The van der Waals surface area contributed by atoms with Crippen LogP contribution in [0.15, 0.2) is 54.6 Å². The number of phenolic OH excluding ortho intramolecular Hbond substituents is 2. The Morgan fingerprint density at radius 1 is 0.906 bits per heavy atom. The number of nitrogens with two attached hydrogens (primary N) is 1. The molecule has 0 atom stereocenters. The summed E-state index contributed by atoms with van der Waals surface area (Å²) in [6, 6.07) is 13.4. The maximum absolute atomic E-state index is 13.0. The zero-order chi connectivity index (χ0) is 22.6. The Morgan fingerprint density at radius 3 is 2.09 bits per heavy atom. The van der Waals surface area contributed by atoms with E-state index in [0.29, 0.717) is 16.7 Å². The average Bonchev–Trinajstić information content (AvgIpc) is 3.04. The molecule has 2 amide bonds. The summed E-state index contributed by atoms with van der Waals surface area (Å²) in [5, 5.41) is 22.3. The number of hydrogen-bond acceptors (Lipinski definition) is 7. The normalized spacial score (nSPS) is 14.6. The largest absolute Gasteiger partial charge is 0.508 e. The Kier molecular flexibility index (Phi) is 4.09. The number of ether oxygens (including phenoxy) is 2. The van der Waals surface area contributed by atoms with Crippen molar-refractivity contribution in [2.45, 2.75) is 5.60 Å². The van der Waals surface area contributed by atoms with Crippen LogP contribution in [0, 0.1) is 0 Å². The van der Waals surface area contributed by atoms with Gasteiger partial charge in [-0.1, -0.05) is 6.07 Å². The first kappa shape index (κ1) is 19.4. The summed E-state index contributed by atoms with van der Waals surface area (Å²) in [7, 11) is 0. The quantitative estimate of drug-likeness (QED) is 0.462. The van der Waals surface area contributed by atoms with Gasteiger partial charge in [0, 0.05) is 34.4 Å². The van der Waals surface area contributed by atoms with Crippen molar-refractivity contribution in [3.05, 3.63) is 82.4 Å². The van der Waals surface area contributed by atoms with Crippen molar-refractivity contribution in [3.8, 4) is 23.0 Å². The molecule has 0 saturated heterocycles. The van der Waals surface area contributed by atoms with Gasteiger partial charge in [0.1, 0.15) is 23.0 Å². The van der Waals surface area contributed by atoms with Crippen molar-refractivity contribution < 1.29 is 34.1 Å². The highest BCUT2D eigenvalue weighted by Crippen LogP contribution is 2.57. The van der Waals surface area contributed by atoms with Crippen molar-refractivity contribution in [1.29, 1.82) is 0 Å². The van der Waals surface area contributed by atoms with Gasteiger partial charge in [0.2, 0.25) is 5.91 Å². The second kappa shape index (κ2) is 6.74. The Morgan fingerprint density at radius 2 is 1.50 bits per heavy atom. The Balaban J connectivity index is 1.70. The smallest absolute Gasteiger partial charge is 0.340 e. The number of phenols is 2. The van der Waals surface area contributed by atoms with Crippen LogP contribution in [0.5, 0.6) is 23.0 Å². The topological polar surface area (TPSA) is 148 Å². The lowest BCUT2D eigenvalue weighted by Crippen LogP contribution is -2.33. The molecule has 5 N–H and O–H groups in total. The first-order valence-corrected chi connectivity index (χ1v) is 9.59. The lowest BCUT2D eigenvalue weighted by Gasteiger charge is -2.36. The summed E-state index contributed by atoms with van der Waals surface area (Å²) in [4.78, 5) is 36.3. The van der Waals surface area contributed by atoms with Gasteiger partial charge in [0.25, 0.3) is 5.91 Å². The Bertz CT molecular complexity index is 1280. The highest BCUT2D eigenvalue weighted by molar-refractivity contribution is 6.02. The van der Waals surface area contributed by atoms with Gasteiger partial charge in [-0.2, -0.15) is 0 Å². The predicted molar refractivity (Wildman–Crippen MR) is 110 cm³/mol. The molecule has 0 aliphatic carbocycles. The second-order valence-corrected chi connectivity index (χ2v) is 7.44. The highest BCUT2D eigenvalue weighted by Gasteiger charge is 2.53. The summed E-state index contributed by atoms with van der Waals surface area (Å²) in [6.07, 6.45) is 0. The van der Waals surface area contributed by atoms with Gasteiger partial charge >= 0.3 is 5.97 Å². The molecule has 32 heavy (non-hydrogen) atoms. The number of hydrogen-bond donors (Lipinski definition) is 4. The van der Waals surface area contributed by atoms with Crippen LogP contribution in [0.2, 0.25) is 0 Å². The minimum absolute atomic E-state index is 0.0477.